The molecule has 4 rings (SSSR count). The molecular weight excluding hydrogens is 785 g/mol. The van der Waals surface area contributed by atoms with Gasteiger partial charge in [0.15, 0.2) is 0 Å². The van der Waals surface area contributed by atoms with Crippen molar-refractivity contribution in [3.05, 3.63) is 121 Å². The predicted molar refractivity (Wildman–Crippen MR) is 198 cm³/mol. The zero-order chi connectivity index (χ0) is 37.1. The fourth-order valence-corrected chi connectivity index (χ4v) is 9.25. The average molecular weight is 830 g/mol. The van der Waals surface area contributed by atoms with Gasteiger partial charge in [-0.25, -0.2) is 13.6 Å². The summed E-state index contributed by atoms with van der Waals surface area (Å²) in [6.07, 6.45) is 2.41. The van der Waals surface area contributed by atoms with Gasteiger partial charge in [-0.15, -0.1) is 0 Å². The third-order valence-corrected chi connectivity index (χ3v) is 12.0. The van der Waals surface area contributed by atoms with Crippen LogP contribution in [0, 0.1) is 0 Å². The Bertz CT molecular complexity index is 1210. The van der Waals surface area contributed by atoms with Crippen molar-refractivity contribution in [1.29, 1.82) is 0 Å². The monoisotopic (exact) mass is 830 g/mol. The second kappa shape index (κ2) is 27.2. The van der Waals surface area contributed by atoms with Crippen LogP contribution in [0.15, 0.2) is 121 Å². The Labute approximate surface area is 304 Å². The van der Waals surface area contributed by atoms with E-state index in [-0.39, 0.29) is 0 Å². The summed E-state index contributed by atoms with van der Waals surface area (Å²) in [7, 11) is 4.01. The second-order valence-electron chi connectivity index (χ2n) is 10.3. The first kappa shape index (κ1) is 46.4. The smallest absolute Gasteiger partial charge is 0.0967 e. The molecule has 0 spiro atoms. The molecule has 0 saturated heterocycles. The van der Waals surface area contributed by atoms with Gasteiger partial charge < -0.3 is 20.0 Å². The van der Waals surface area contributed by atoms with Crippen molar-refractivity contribution >= 4 is 59.5 Å². The number of carbonyl (C=O) groups excluding carboxylic acids is 2. The van der Waals surface area contributed by atoms with Gasteiger partial charge in [0.1, 0.15) is 6.61 Å². The topological polar surface area (TPSA) is 75.6 Å². The standard InChI is InChI=1S/C28H29NP2.C4H6F2O2.C3H6F2O.CHO.ClH.Ru.H/c1-5-13-25(14-6-1)30(26-15-7-2-8-16-26)23-21-29-22-24-31(27-17-9-3-10-18-27)28-19-11-4-12-20-28;1-4(5,6)3(7)8-2;1-3(4,5)2-6;1-2;;;/h1-20,29H,21-24H2;1-2H3;6H,2H2,1H3;1H;1H;;/q;;;-1;;+3;/p+1. The molecule has 0 radical (unpaired) electrons. The molecule has 2 N–H and O–H groups in total. The van der Waals surface area contributed by atoms with Crippen LogP contribution in [0.25, 0.3) is 0 Å². The van der Waals surface area contributed by atoms with E-state index < -0.39 is 40.3 Å². The van der Waals surface area contributed by atoms with E-state index in [2.05, 4.69) is 148 Å². The van der Waals surface area contributed by atoms with E-state index in [1.54, 1.807) is 17.3 Å². The van der Waals surface area contributed by atoms with Crippen LogP contribution >= 0.6 is 25.5 Å². The molecule has 0 amide bonds. The number of alkyl halides is 4. The van der Waals surface area contributed by atoms with Gasteiger partial charge in [-0.1, -0.05) is 72.8 Å². The van der Waals surface area contributed by atoms with Crippen molar-refractivity contribution in [2.45, 2.75) is 25.7 Å². The van der Waals surface area contributed by atoms with Crippen molar-refractivity contribution in [2.75, 3.05) is 39.1 Å². The summed E-state index contributed by atoms with van der Waals surface area (Å²) in [5.74, 6) is -7.76. The number of carbonyl (C=O) groups is 1. The SMILES string of the molecule is CC(F)(F)CO.COC(=O)C(C)(F)F.[CH-]=O.[Cl][RuH+2].c1ccc([PH+](CCNCC[PH+](c2ccccc2)c2ccccc2)c2ccccc2)cc1. The van der Waals surface area contributed by atoms with Crippen LogP contribution in [0.5, 0.6) is 0 Å². The molecule has 0 aliphatic heterocycles. The van der Waals surface area contributed by atoms with Crippen LogP contribution in [0.4, 0.5) is 17.6 Å². The first-order valence-corrected chi connectivity index (χ1v) is 20.7. The second-order valence-corrected chi connectivity index (χ2v) is 15.5. The molecule has 4 aromatic rings. The summed E-state index contributed by atoms with van der Waals surface area (Å²) in [6, 6.07) is 44.2. The number of esters is 1. The predicted octanol–water partition coefficient (Wildman–Crippen LogP) is 5.90. The van der Waals surface area contributed by atoms with E-state index in [0.717, 1.165) is 20.2 Å². The fraction of sp³-hybridized carbons (Fsp3) is 0.278. The molecule has 5 nitrogen and oxygen atoms in total. The van der Waals surface area contributed by atoms with Crippen LogP contribution in [-0.2, 0) is 31.6 Å². The number of aliphatic hydroxyl groups excluding tert-OH is 1. The molecule has 0 atom stereocenters. The third-order valence-electron chi connectivity index (χ3n) is 6.41. The molecule has 0 aliphatic carbocycles. The van der Waals surface area contributed by atoms with Crippen LogP contribution < -0.4 is 26.5 Å². The van der Waals surface area contributed by atoms with Crippen LogP contribution in [0.3, 0.4) is 0 Å². The summed E-state index contributed by atoms with van der Waals surface area (Å²) in [5, 5.41) is 17.4. The van der Waals surface area contributed by atoms with E-state index in [0.29, 0.717) is 13.8 Å². The van der Waals surface area contributed by atoms with E-state index in [9.17, 15) is 22.4 Å². The van der Waals surface area contributed by atoms with Crippen LogP contribution in [0.1, 0.15) is 13.8 Å². The van der Waals surface area contributed by atoms with Gasteiger partial charge in [0, 0.05) is 26.9 Å². The minimum atomic E-state index is -3.35. The molecule has 4 aromatic carbocycles. The van der Waals surface area contributed by atoms with Crippen molar-refractivity contribution in [2.24, 2.45) is 0 Å². The Balaban J connectivity index is 0.00000106. The van der Waals surface area contributed by atoms with Gasteiger partial charge in [0.2, 0.25) is 0 Å². The Morgan fingerprint density at radius 2 is 0.939 bits per heavy atom. The quantitative estimate of drug-likeness (QED) is 0.0354. The molecule has 0 saturated carbocycles. The van der Waals surface area contributed by atoms with Crippen LogP contribution in [-0.4, -0.2) is 68.8 Å². The van der Waals surface area contributed by atoms with Crippen molar-refractivity contribution in [1.82, 2.24) is 5.32 Å². The fourth-order valence-electron chi connectivity index (χ4n) is 4.20. The third kappa shape index (κ3) is 20.6. The molecule has 0 aliphatic rings. The Morgan fingerprint density at radius 1 is 0.694 bits per heavy atom. The number of methoxy groups -OCH3 is 1. The number of hydrogen-bond acceptors (Lipinski definition) is 5. The molecule has 13 heteroatoms. The minimum Gasteiger partial charge on any atom is -0.310 e. The molecule has 0 fully saturated rings. The van der Waals surface area contributed by atoms with Gasteiger partial charge in [0.05, 0.1) is 56.5 Å². The molecule has 49 heavy (non-hydrogen) atoms. The largest absolute Gasteiger partial charge is 0.310 e. The number of benzene rings is 4. The zero-order valence-corrected chi connectivity index (χ0v) is 32.2. The van der Waals surface area contributed by atoms with Crippen LogP contribution in [0.2, 0.25) is 0 Å². The zero-order valence-electron chi connectivity index (χ0n) is 27.6. The number of halogens is 5. The van der Waals surface area contributed by atoms with Gasteiger partial charge in [-0.2, -0.15) is 8.78 Å². The maximum absolute atomic E-state index is 11.6. The van der Waals surface area contributed by atoms with Gasteiger partial charge >= 0.3 is 38.9 Å². The number of hydrogen-bond donors (Lipinski definition) is 2. The maximum Gasteiger partial charge on any atom is 0.0967 e. The Kier molecular flexibility index (Phi) is 25.8. The number of nitrogens with one attached hydrogen (secondary N) is 1. The number of ether oxygens (including phenoxy) is 1. The van der Waals surface area contributed by atoms with E-state index in [1.807, 2.05) is 0 Å². The van der Waals surface area contributed by atoms with Crippen molar-refractivity contribution in [3.63, 3.8) is 0 Å². The number of aliphatic hydroxyl groups is 1. The molecule has 0 unspecified atom stereocenters. The van der Waals surface area contributed by atoms with Gasteiger partial charge in [0.25, 0.3) is 5.92 Å². The van der Waals surface area contributed by atoms with Crippen molar-refractivity contribution < 1.29 is 54.3 Å². The summed E-state index contributed by atoms with van der Waals surface area (Å²) in [5.41, 5.74) is 0. The number of rotatable bonds is 12. The molecule has 0 aromatic heterocycles. The first-order chi connectivity index (χ1) is 23.5. The van der Waals surface area contributed by atoms with Gasteiger partial charge in [-0.3, -0.25) is 6.79 Å². The maximum atomic E-state index is 11.6. The Morgan fingerprint density at radius 3 is 1.10 bits per heavy atom. The molecular formula is C36H45ClF4NO4P2Ru+3. The molecule has 0 bridgehead atoms. The van der Waals surface area contributed by atoms with E-state index in [4.69, 9.17) is 9.90 Å². The molecule has 268 valence electrons. The summed E-state index contributed by atoms with van der Waals surface area (Å²) < 4.78 is 49.4. The summed E-state index contributed by atoms with van der Waals surface area (Å²) in [6.45, 7) is 5.46. The minimum absolute atomic E-state index is 0.485. The first-order valence-electron chi connectivity index (χ1n) is 14.9. The average Bonchev–Trinajstić information content (AvgIpc) is 3.14. The summed E-state index contributed by atoms with van der Waals surface area (Å²) in [4.78, 5) is 17.6. The van der Waals surface area contributed by atoms with Gasteiger partial charge in [-0.05, 0) is 48.5 Å². The Hall–Kier alpha value is -2.57. The summed E-state index contributed by atoms with van der Waals surface area (Å²) >= 11 is 1.62. The molecule has 0 heterocycles. The normalized spacial score (nSPS) is 10.5. The van der Waals surface area contributed by atoms with Crippen molar-refractivity contribution in [3.8, 4) is 0 Å². The van der Waals surface area contributed by atoms with E-state index in [1.165, 1.54) is 33.5 Å². The van der Waals surface area contributed by atoms with E-state index >= 15 is 0 Å².